The normalized spacial score (nSPS) is 15.5. The Balaban J connectivity index is 1.50. The summed E-state index contributed by atoms with van der Waals surface area (Å²) in [6.45, 7) is 3.60. The van der Waals surface area contributed by atoms with E-state index in [1.54, 1.807) is 13.8 Å². The van der Waals surface area contributed by atoms with E-state index in [0.29, 0.717) is 33.9 Å². The van der Waals surface area contributed by atoms with Crippen LogP contribution in [0.1, 0.15) is 40.0 Å². The van der Waals surface area contributed by atoms with Crippen molar-refractivity contribution in [2.75, 3.05) is 0 Å². The molecule has 0 amide bonds. The van der Waals surface area contributed by atoms with Crippen LogP contribution in [0.3, 0.4) is 0 Å². The average molecular weight is 397 g/mol. The van der Waals surface area contributed by atoms with Crippen molar-refractivity contribution in [1.29, 1.82) is 0 Å². The highest BCUT2D eigenvalue weighted by molar-refractivity contribution is 5.73. The lowest BCUT2D eigenvalue weighted by molar-refractivity contribution is -0.144. The first kappa shape index (κ1) is 19.1. The predicted molar refractivity (Wildman–Crippen MR) is 100 cm³/mol. The van der Waals surface area contributed by atoms with Crippen LogP contribution in [-0.2, 0) is 33.9 Å². The van der Waals surface area contributed by atoms with Gasteiger partial charge in [0.05, 0.1) is 18.7 Å². The Morgan fingerprint density at radius 2 is 2.03 bits per heavy atom. The molecule has 0 saturated heterocycles. The number of aryl methyl sites for hydroxylation is 2. The molecular weight excluding hydrogens is 377 g/mol. The number of hydrogen-bond acceptors (Lipinski definition) is 6. The van der Waals surface area contributed by atoms with E-state index in [9.17, 15) is 9.18 Å². The number of fused-ring (bicyclic) bond motifs is 1. The van der Waals surface area contributed by atoms with E-state index in [4.69, 9.17) is 18.7 Å². The summed E-state index contributed by atoms with van der Waals surface area (Å²) in [5.41, 5.74) is 3.23. The molecule has 1 aliphatic heterocycles. The highest BCUT2D eigenvalue weighted by Crippen LogP contribution is 2.36. The smallest absolute Gasteiger partial charge is 0.310 e. The van der Waals surface area contributed by atoms with Gasteiger partial charge in [0.1, 0.15) is 23.9 Å². The van der Waals surface area contributed by atoms with Crippen molar-refractivity contribution >= 4 is 5.97 Å². The molecule has 0 unspecified atom stereocenters. The topological polar surface area (TPSA) is 70.8 Å². The molecular formula is C22H20FNO5. The zero-order chi connectivity index (χ0) is 20.4. The van der Waals surface area contributed by atoms with Gasteiger partial charge in [0, 0.05) is 22.3 Å². The van der Waals surface area contributed by atoms with Crippen LogP contribution in [0.5, 0.6) is 5.75 Å². The van der Waals surface area contributed by atoms with Gasteiger partial charge in [0.15, 0.2) is 0 Å². The summed E-state index contributed by atoms with van der Waals surface area (Å²) < 4.78 is 36.2. The highest BCUT2D eigenvalue weighted by atomic mass is 19.1. The average Bonchev–Trinajstić information content (AvgIpc) is 3.04. The summed E-state index contributed by atoms with van der Waals surface area (Å²) in [4.78, 5) is 12.3. The first-order valence-corrected chi connectivity index (χ1v) is 9.23. The van der Waals surface area contributed by atoms with Crippen LogP contribution in [0.15, 0.2) is 47.0 Å². The molecule has 0 N–H and O–H groups in total. The third kappa shape index (κ3) is 4.14. The van der Waals surface area contributed by atoms with E-state index in [1.165, 1.54) is 12.1 Å². The van der Waals surface area contributed by atoms with Crippen molar-refractivity contribution in [3.8, 4) is 5.75 Å². The molecule has 2 heterocycles. The number of esters is 1. The van der Waals surface area contributed by atoms with Crippen molar-refractivity contribution < 1.29 is 27.9 Å². The second-order valence-corrected chi connectivity index (χ2v) is 6.86. The van der Waals surface area contributed by atoms with Gasteiger partial charge in [-0.05, 0) is 26.0 Å². The molecule has 0 aliphatic carbocycles. The number of carbonyl (C=O) groups excluding carboxylic acids is 1. The molecule has 29 heavy (non-hydrogen) atoms. The fraction of sp³-hybridized carbons (Fsp3) is 0.273. The van der Waals surface area contributed by atoms with Crippen LogP contribution in [-0.4, -0.2) is 11.1 Å². The number of nitrogens with zero attached hydrogens (tertiary/aromatic N) is 1. The van der Waals surface area contributed by atoms with Crippen LogP contribution in [0, 0.1) is 19.7 Å². The second kappa shape index (κ2) is 8.05. The minimum absolute atomic E-state index is 0.0370. The molecule has 0 radical (unpaired) electrons. The quantitative estimate of drug-likeness (QED) is 0.597. The molecule has 2 aromatic carbocycles. The molecule has 0 fully saturated rings. The van der Waals surface area contributed by atoms with Gasteiger partial charge in [-0.25, -0.2) is 4.39 Å². The molecule has 3 aromatic rings. The lowest BCUT2D eigenvalue weighted by Gasteiger charge is -2.28. The summed E-state index contributed by atoms with van der Waals surface area (Å²) in [6.07, 6.45) is -0.569. The first-order valence-electron chi connectivity index (χ1n) is 9.23. The van der Waals surface area contributed by atoms with Crippen LogP contribution in [0.2, 0.25) is 0 Å². The number of rotatable bonds is 5. The summed E-state index contributed by atoms with van der Waals surface area (Å²) in [7, 11) is 0. The summed E-state index contributed by atoms with van der Waals surface area (Å²) in [5.74, 6) is 0.167. The lowest BCUT2D eigenvalue weighted by Crippen LogP contribution is -2.20. The number of aromatic nitrogens is 1. The molecule has 0 saturated carbocycles. The SMILES string of the molecule is Cc1noc(C)c1CC(=O)OCc1cc(F)cc2c1O[C@H](c1ccccc1)OC2. The van der Waals surface area contributed by atoms with E-state index < -0.39 is 18.1 Å². The van der Waals surface area contributed by atoms with Gasteiger partial charge >= 0.3 is 5.97 Å². The van der Waals surface area contributed by atoms with Gasteiger partial charge in [0.2, 0.25) is 6.29 Å². The molecule has 0 bridgehead atoms. The second-order valence-electron chi connectivity index (χ2n) is 6.86. The molecule has 6 nitrogen and oxygen atoms in total. The number of hydrogen-bond donors (Lipinski definition) is 0. The van der Waals surface area contributed by atoms with E-state index >= 15 is 0 Å². The molecule has 1 aliphatic rings. The maximum absolute atomic E-state index is 14.0. The largest absolute Gasteiger partial charge is 0.460 e. The number of benzene rings is 2. The van der Waals surface area contributed by atoms with E-state index in [0.717, 1.165) is 5.56 Å². The molecule has 7 heteroatoms. The minimum atomic E-state index is -0.606. The monoisotopic (exact) mass is 397 g/mol. The number of carbonyl (C=O) groups is 1. The standard InChI is InChI=1S/C22H20FNO5/c1-13-19(14(2)29-24-13)10-20(25)26-11-16-8-18(23)9-17-12-27-22(28-21(16)17)15-6-4-3-5-7-15/h3-9,22H,10-12H2,1-2H3/t22-/m1/s1. The van der Waals surface area contributed by atoms with E-state index in [2.05, 4.69) is 5.16 Å². The first-order chi connectivity index (χ1) is 14.0. The van der Waals surface area contributed by atoms with Gasteiger partial charge in [-0.3, -0.25) is 4.79 Å². The van der Waals surface area contributed by atoms with Crippen molar-refractivity contribution in [2.45, 2.75) is 39.8 Å². The van der Waals surface area contributed by atoms with Gasteiger partial charge in [-0.15, -0.1) is 0 Å². The Morgan fingerprint density at radius 1 is 1.24 bits per heavy atom. The Labute approximate surface area is 167 Å². The maximum atomic E-state index is 14.0. The predicted octanol–water partition coefficient (Wildman–Crippen LogP) is 4.32. The van der Waals surface area contributed by atoms with Crippen LogP contribution < -0.4 is 4.74 Å². The highest BCUT2D eigenvalue weighted by Gasteiger charge is 2.26. The van der Waals surface area contributed by atoms with Gasteiger partial charge in [-0.2, -0.15) is 0 Å². The summed E-state index contributed by atoms with van der Waals surface area (Å²) in [6, 6.07) is 12.1. The van der Waals surface area contributed by atoms with Gasteiger partial charge < -0.3 is 18.7 Å². The zero-order valence-electron chi connectivity index (χ0n) is 16.1. The Bertz CT molecular complexity index is 1010. The van der Waals surface area contributed by atoms with Gasteiger partial charge in [-0.1, -0.05) is 35.5 Å². The van der Waals surface area contributed by atoms with Crippen molar-refractivity contribution in [3.63, 3.8) is 0 Å². The fourth-order valence-electron chi connectivity index (χ4n) is 3.27. The Hall–Kier alpha value is -3.19. The molecule has 150 valence electrons. The Kier molecular flexibility index (Phi) is 5.31. The molecule has 1 aromatic heterocycles. The molecule has 4 rings (SSSR count). The van der Waals surface area contributed by atoms with E-state index in [-0.39, 0.29) is 19.6 Å². The summed E-state index contributed by atoms with van der Waals surface area (Å²) in [5, 5.41) is 3.83. The number of halogens is 1. The van der Waals surface area contributed by atoms with E-state index in [1.807, 2.05) is 30.3 Å². The molecule has 1 atom stereocenters. The Morgan fingerprint density at radius 3 is 2.76 bits per heavy atom. The summed E-state index contributed by atoms with van der Waals surface area (Å²) >= 11 is 0. The maximum Gasteiger partial charge on any atom is 0.310 e. The van der Waals surface area contributed by atoms with Crippen molar-refractivity contribution in [3.05, 3.63) is 82.0 Å². The minimum Gasteiger partial charge on any atom is -0.460 e. The van der Waals surface area contributed by atoms with Crippen molar-refractivity contribution in [1.82, 2.24) is 5.16 Å². The van der Waals surface area contributed by atoms with Crippen LogP contribution >= 0.6 is 0 Å². The van der Waals surface area contributed by atoms with Crippen LogP contribution in [0.25, 0.3) is 0 Å². The number of ether oxygens (including phenoxy) is 3. The zero-order valence-corrected chi connectivity index (χ0v) is 16.1. The molecule has 0 spiro atoms. The third-order valence-corrected chi connectivity index (χ3v) is 4.79. The van der Waals surface area contributed by atoms with Gasteiger partial charge in [0.25, 0.3) is 0 Å². The fourth-order valence-corrected chi connectivity index (χ4v) is 3.27. The van der Waals surface area contributed by atoms with Crippen LogP contribution in [0.4, 0.5) is 4.39 Å². The third-order valence-electron chi connectivity index (χ3n) is 4.79. The van der Waals surface area contributed by atoms with Crippen molar-refractivity contribution in [2.24, 2.45) is 0 Å². The lowest BCUT2D eigenvalue weighted by atomic mass is 10.1.